The Bertz CT molecular complexity index is 214. The van der Waals surface area contributed by atoms with Gasteiger partial charge >= 0.3 is 0 Å². The van der Waals surface area contributed by atoms with Crippen LogP contribution in [-0.4, -0.2) is 24.8 Å². The third-order valence-electron chi connectivity index (χ3n) is 3.64. The van der Waals surface area contributed by atoms with E-state index in [1.165, 1.54) is 12.8 Å². The molecule has 1 N–H and O–H groups in total. The second-order valence-corrected chi connectivity index (χ2v) is 6.11. The molecule has 0 aromatic heterocycles. The molecule has 0 bridgehead atoms. The number of nitrogens with one attached hydrogen (secondary N) is 1. The third-order valence-corrected chi connectivity index (χ3v) is 3.64. The zero-order valence-corrected chi connectivity index (χ0v) is 9.89. The average molecular weight is 197 g/mol. The van der Waals surface area contributed by atoms with Crippen molar-refractivity contribution in [1.29, 1.82) is 0 Å². The molecule has 1 heterocycles. The van der Waals surface area contributed by atoms with Crippen LogP contribution in [0.5, 0.6) is 0 Å². The normalized spacial score (nSPS) is 34.5. The minimum atomic E-state index is 0.163. The van der Waals surface area contributed by atoms with Gasteiger partial charge in [-0.3, -0.25) is 0 Å². The summed E-state index contributed by atoms with van der Waals surface area (Å²) in [4.78, 5) is 0. The molecular weight excluding hydrogens is 174 g/mol. The van der Waals surface area contributed by atoms with Gasteiger partial charge in [0.05, 0.1) is 12.2 Å². The van der Waals surface area contributed by atoms with Gasteiger partial charge in [-0.15, -0.1) is 0 Å². The van der Waals surface area contributed by atoms with Gasteiger partial charge in [-0.1, -0.05) is 27.7 Å². The molecule has 2 fully saturated rings. The predicted octanol–water partition coefficient (Wildman–Crippen LogP) is 2.19. The molecule has 1 aliphatic carbocycles. The highest BCUT2D eigenvalue weighted by Crippen LogP contribution is 2.53. The first kappa shape index (κ1) is 10.4. The lowest BCUT2D eigenvalue weighted by Gasteiger charge is -2.59. The molecule has 1 saturated carbocycles. The molecule has 0 aromatic carbocycles. The standard InChI is InChI=1S/C12H23NO/c1-9(2)10-12(14-6-5-13-10)7-11(3,4)8-12/h9-10,13H,5-8H2,1-4H3. The van der Waals surface area contributed by atoms with Crippen molar-refractivity contribution in [3.8, 4) is 0 Å². The van der Waals surface area contributed by atoms with Crippen LogP contribution in [0, 0.1) is 11.3 Å². The Hall–Kier alpha value is -0.0800. The largest absolute Gasteiger partial charge is 0.372 e. The van der Waals surface area contributed by atoms with Crippen LogP contribution in [0.4, 0.5) is 0 Å². The molecule has 1 spiro atoms. The smallest absolute Gasteiger partial charge is 0.0848 e. The quantitative estimate of drug-likeness (QED) is 0.696. The number of morpholine rings is 1. The fraction of sp³-hybridized carbons (Fsp3) is 1.00. The average Bonchev–Trinajstić information content (AvgIpc) is 2.00. The summed E-state index contributed by atoms with van der Waals surface area (Å²) in [6.07, 6.45) is 2.44. The van der Waals surface area contributed by atoms with Crippen molar-refractivity contribution in [3.63, 3.8) is 0 Å². The molecule has 0 radical (unpaired) electrons. The van der Waals surface area contributed by atoms with Crippen LogP contribution in [0.15, 0.2) is 0 Å². The monoisotopic (exact) mass is 197 g/mol. The summed E-state index contributed by atoms with van der Waals surface area (Å²) in [7, 11) is 0. The molecular formula is C12H23NO. The fourth-order valence-electron chi connectivity index (χ4n) is 3.48. The number of ether oxygens (including phenoxy) is 1. The maximum absolute atomic E-state index is 6.05. The highest BCUT2D eigenvalue weighted by Gasteiger charge is 2.56. The van der Waals surface area contributed by atoms with Gasteiger partial charge < -0.3 is 10.1 Å². The number of hydrogen-bond acceptors (Lipinski definition) is 2. The van der Waals surface area contributed by atoms with E-state index in [0.29, 0.717) is 17.4 Å². The van der Waals surface area contributed by atoms with Crippen molar-refractivity contribution in [3.05, 3.63) is 0 Å². The third kappa shape index (κ3) is 1.59. The van der Waals surface area contributed by atoms with E-state index in [9.17, 15) is 0 Å². The van der Waals surface area contributed by atoms with Gasteiger partial charge in [0.1, 0.15) is 0 Å². The van der Waals surface area contributed by atoms with Gasteiger partial charge in [-0.25, -0.2) is 0 Å². The fourth-order valence-corrected chi connectivity index (χ4v) is 3.48. The van der Waals surface area contributed by atoms with Crippen LogP contribution < -0.4 is 5.32 Å². The maximum atomic E-state index is 6.05. The minimum absolute atomic E-state index is 0.163. The summed E-state index contributed by atoms with van der Waals surface area (Å²) < 4.78 is 6.05. The Balaban J connectivity index is 2.08. The Labute approximate surface area is 87.4 Å². The molecule has 2 aliphatic rings. The van der Waals surface area contributed by atoms with Gasteiger partial charge in [0.25, 0.3) is 0 Å². The van der Waals surface area contributed by atoms with E-state index in [0.717, 1.165) is 13.2 Å². The predicted molar refractivity (Wildman–Crippen MR) is 58.3 cm³/mol. The lowest BCUT2D eigenvalue weighted by Crippen LogP contribution is -2.67. The summed E-state index contributed by atoms with van der Waals surface area (Å²) in [5.74, 6) is 0.673. The minimum Gasteiger partial charge on any atom is -0.372 e. The highest BCUT2D eigenvalue weighted by atomic mass is 16.5. The van der Waals surface area contributed by atoms with Crippen molar-refractivity contribution in [1.82, 2.24) is 5.32 Å². The Morgan fingerprint density at radius 1 is 1.29 bits per heavy atom. The van der Waals surface area contributed by atoms with Crippen molar-refractivity contribution in [2.45, 2.75) is 52.2 Å². The molecule has 2 heteroatoms. The number of hydrogen-bond donors (Lipinski definition) is 1. The van der Waals surface area contributed by atoms with E-state index in [2.05, 4.69) is 33.0 Å². The van der Waals surface area contributed by atoms with Crippen LogP contribution in [0.25, 0.3) is 0 Å². The van der Waals surface area contributed by atoms with Crippen molar-refractivity contribution in [2.24, 2.45) is 11.3 Å². The van der Waals surface area contributed by atoms with Gasteiger partial charge in [-0.05, 0) is 24.2 Å². The van der Waals surface area contributed by atoms with E-state index in [1.54, 1.807) is 0 Å². The first-order valence-electron chi connectivity index (χ1n) is 5.83. The van der Waals surface area contributed by atoms with E-state index in [1.807, 2.05) is 0 Å². The van der Waals surface area contributed by atoms with Crippen LogP contribution in [0.3, 0.4) is 0 Å². The molecule has 14 heavy (non-hydrogen) atoms. The van der Waals surface area contributed by atoms with Gasteiger partial charge in [0, 0.05) is 12.6 Å². The van der Waals surface area contributed by atoms with Crippen LogP contribution in [-0.2, 0) is 4.74 Å². The Kier molecular flexibility index (Phi) is 2.39. The highest BCUT2D eigenvalue weighted by molar-refractivity contribution is 5.09. The SMILES string of the molecule is CC(C)C1NCCOC12CC(C)(C)C2. The van der Waals surface area contributed by atoms with E-state index >= 15 is 0 Å². The zero-order chi connectivity index (χ0) is 10.4. The molecule has 1 unspecified atom stereocenters. The Morgan fingerprint density at radius 3 is 2.43 bits per heavy atom. The lowest BCUT2D eigenvalue weighted by molar-refractivity contribution is -0.200. The molecule has 2 rings (SSSR count). The molecule has 1 atom stereocenters. The van der Waals surface area contributed by atoms with Crippen LogP contribution in [0.1, 0.15) is 40.5 Å². The molecule has 2 nitrogen and oxygen atoms in total. The van der Waals surface area contributed by atoms with Crippen molar-refractivity contribution >= 4 is 0 Å². The van der Waals surface area contributed by atoms with Crippen LogP contribution >= 0.6 is 0 Å². The van der Waals surface area contributed by atoms with E-state index in [4.69, 9.17) is 4.74 Å². The molecule has 1 saturated heterocycles. The van der Waals surface area contributed by atoms with Gasteiger partial charge in [0.2, 0.25) is 0 Å². The summed E-state index contributed by atoms with van der Waals surface area (Å²) in [6.45, 7) is 11.2. The topological polar surface area (TPSA) is 21.3 Å². The molecule has 82 valence electrons. The summed E-state index contributed by atoms with van der Waals surface area (Å²) in [6, 6.07) is 0.560. The molecule has 0 aromatic rings. The van der Waals surface area contributed by atoms with Gasteiger partial charge in [-0.2, -0.15) is 0 Å². The molecule has 1 aliphatic heterocycles. The van der Waals surface area contributed by atoms with Crippen molar-refractivity contribution in [2.75, 3.05) is 13.2 Å². The first-order valence-corrected chi connectivity index (χ1v) is 5.83. The second-order valence-electron chi connectivity index (χ2n) is 6.11. The zero-order valence-electron chi connectivity index (χ0n) is 9.89. The summed E-state index contributed by atoms with van der Waals surface area (Å²) in [5.41, 5.74) is 0.655. The van der Waals surface area contributed by atoms with E-state index < -0.39 is 0 Å². The summed E-state index contributed by atoms with van der Waals surface area (Å²) in [5, 5.41) is 3.62. The lowest BCUT2D eigenvalue weighted by atomic mass is 9.56. The summed E-state index contributed by atoms with van der Waals surface area (Å²) >= 11 is 0. The molecule has 0 amide bonds. The van der Waals surface area contributed by atoms with E-state index in [-0.39, 0.29) is 5.60 Å². The first-order chi connectivity index (χ1) is 6.45. The Morgan fingerprint density at radius 2 is 1.93 bits per heavy atom. The maximum Gasteiger partial charge on any atom is 0.0848 e. The second kappa shape index (κ2) is 3.21. The van der Waals surface area contributed by atoms with Crippen molar-refractivity contribution < 1.29 is 4.74 Å². The van der Waals surface area contributed by atoms with Gasteiger partial charge in [0.15, 0.2) is 0 Å². The van der Waals surface area contributed by atoms with Crippen LogP contribution in [0.2, 0.25) is 0 Å². The number of rotatable bonds is 1.